The average molecular weight is 540 g/mol. The first kappa shape index (κ1) is 28.4. The van der Waals surface area contributed by atoms with Crippen molar-refractivity contribution in [3.05, 3.63) is 61.2 Å². The van der Waals surface area contributed by atoms with Gasteiger partial charge in [0.1, 0.15) is 6.04 Å². The van der Waals surface area contributed by atoms with Crippen molar-refractivity contribution in [1.82, 2.24) is 14.7 Å². The van der Waals surface area contributed by atoms with Crippen LogP contribution in [0.25, 0.3) is 0 Å². The van der Waals surface area contributed by atoms with E-state index in [0.29, 0.717) is 26.1 Å². The maximum atomic E-state index is 14.3. The molecule has 3 fully saturated rings. The number of rotatable bonds is 10. The molecule has 1 aromatic carbocycles. The number of benzene rings is 1. The minimum Gasteiger partial charge on any atom is -0.394 e. The second kappa shape index (κ2) is 10.9. The molecule has 3 aliphatic rings. The number of hydrogen-bond donors (Lipinski definition) is 1. The van der Waals surface area contributed by atoms with Crippen LogP contribution < -0.4 is 0 Å². The number of hydrogen-bond acceptors (Lipinski definition) is 5. The molecule has 1 spiro atoms. The van der Waals surface area contributed by atoms with Gasteiger partial charge in [-0.3, -0.25) is 14.4 Å². The second-order valence-corrected chi connectivity index (χ2v) is 13.3. The van der Waals surface area contributed by atoms with E-state index in [9.17, 15) is 19.5 Å². The Morgan fingerprint density at radius 3 is 2.42 bits per heavy atom. The summed E-state index contributed by atoms with van der Waals surface area (Å²) in [5.74, 6) is -1.51. The zero-order chi connectivity index (χ0) is 27.8. The van der Waals surface area contributed by atoms with Crippen LogP contribution in [-0.4, -0.2) is 84.8 Å². The van der Waals surface area contributed by atoms with Crippen molar-refractivity contribution in [2.24, 2.45) is 11.8 Å². The Kier molecular flexibility index (Phi) is 8.15. The van der Waals surface area contributed by atoms with Crippen LogP contribution in [0.5, 0.6) is 0 Å². The molecule has 3 aliphatic heterocycles. The van der Waals surface area contributed by atoms with Gasteiger partial charge in [0.2, 0.25) is 17.7 Å². The minimum atomic E-state index is -0.740. The molecule has 6 atom stereocenters. The first-order chi connectivity index (χ1) is 18.0. The minimum absolute atomic E-state index is 0.0242. The Morgan fingerprint density at radius 2 is 1.84 bits per heavy atom. The van der Waals surface area contributed by atoms with Crippen molar-refractivity contribution in [2.75, 3.05) is 19.7 Å². The van der Waals surface area contributed by atoms with Crippen molar-refractivity contribution in [2.45, 2.75) is 74.7 Å². The Balaban J connectivity index is 1.74. The molecule has 0 aliphatic carbocycles. The molecule has 3 amide bonds. The third-order valence-electron chi connectivity index (χ3n) is 8.26. The smallest absolute Gasteiger partial charge is 0.247 e. The number of nitrogens with zero attached hydrogens (tertiary/aromatic N) is 3. The summed E-state index contributed by atoms with van der Waals surface area (Å²) in [6.45, 7) is 16.3. The van der Waals surface area contributed by atoms with Crippen LogP contribution >= 0.6 is 11.8 Å². The van der Waals surface area contributed by atoms with Crippen LogP contribution in [0.1, 0.15) is 46.1 Å². The van der Waals surface area contributed by atoms with Gasteiger partial charge < -0.3 is 19.8 Å². The van der Waals surface area contributed by atoms with Crippen molar-refractivity contribution in [1.29, 1.82) is 0 Å². The van der Waals surface area contributed by atoms with E-state index in [1.807, 2.05) is 51.1 Å². The molecule has 2 unspecified atom stereocenters. The molecule has 8 heteroatoms. The van der Waals surface area contributed by atoms with E-state index in [1.54, 1.807) is 45.5 Å². The van der Waals surface area contributed by atoms with Gasteiger partial charge >= 0.3 is 0 Å². The number of aliphatic hydroxyl groups is 1. The summed E-state index contributed by atoms with van der Waals surface area (Å²) in [4.78, 5) is 47.8. The summed E-state index contributed by atoms with van der Waals surface area (Å²) in [5.41, 5.74) is 0.532. The number of fused-ring (bicyclic) bond motifs is 1. The van der Waals surface area contributed by atoms with E-state index < -0.39 is 34.2 Å². The molecule has 0 saturated carbocycles. The topological polar surface area (TPSA) is 81.2 Å². The normalized spacial score (nSPS) is 28.7. The predicted molar refractivity (Wildman–Crippen MR) is 151 cm³/mol. The molecule has 206 valence electrons. The van der Waals surface area contributed by atoms with E-state index in [-0.39, 0.29) is 29.6 Å². The summed E-state index contributed by atoms with van der Waals surface area (Å²) in [6.07, 6.45) is 4.90. The molecule has 1 aromatic rings. The molecular formula is C30H41N3O4S. The largest absolute Gasteiger partial charge is 0.394 e. The van der Waals surface area contributed by atoms with Gasteiger partial charge in [0, 0.05) is 30.4 Å². The maximum absolute atomic E-state index is 14.3. The fraction of sp³-hybridized carbons (Fsp3) is 0.567. The van der Waals surface area contributed by atoms with Gasteiger partial charge in [-0.1, -0.05) is 42.5 Å². The lowest BCUT2D eigenvalue weighted by molar-refractivity contribution is -0.148. The Bertz CT molecular complexity index is 1090. The highest BCUT2D eigenvalue weighted by Crippen LogP contribution is 2.67. The van der Waals surface area contributed by atoms with Crippen LogP contribution in [-0.2, 0) is 20.9 Å². The van der Waals surface area contributed by atoms with Crippen molar-refractivity contribution >= 4 is 29.5 Å². The Morgan fingerprint density at radius 1 is 1.18 bits per heavy atom. The van der Waals surface area contributed by atoms with Crippen LogP contribution in [0.4, 0.5) is 0 Å². The summed E-state index contributed by atoms with van der Waals surface area (Å²) >= 11 is 1.65. The fourth-order valence-corrected chi connectivity index (χ4v) is 8.78. The predicted octanol–water partition coefficient (Wildman–Crippen LogP) is 3.49. The zero-order valence-corrected chi connectivity index (χ0v) is 23.8. The molecule has 3 heterocycles. The lowest BCUT2D eigenvalue weighted by Gasteiger charge is -2.43. The number of amides is 3. The van der Waals surface area contributed by atoms with Crippen LogP contribution in [0.3, 0.4) is 0 Å². The third kappa shape index (κ3) is 4.70. The van der Waals surface area contributed by atoms with Crippen LogP contribution in [0.15, 0.2) is 55.6 Å². The van der Waals surface area contributed by atoms with Gasteiger partial charge in [-0.2, -0.15) is 0 Å². The Labute approximate surface area is 230 Å². The second-order valence-electron chi connectivity index (χ2n) is 11.7. The van der Waals surface area contributed by atoms with E-state index >= 15 is 0 Å². The van der Waals surface area contributed by atoms with Gasteiger partial charge in [0.15, 0.2) is 0 Å². The number of carbonyl (C=O) groups excluding carboxylic acids is 3. The highest BCUT2D eigenvalue weighted by Gasteiger charge is 2.74. The SMILES string of the molecule is C=CCN(Cc1ccccc1)C(=O)[C@@H]1[C@H]2C(=O)N([C@H](C)CO)C(C(=O)N(CC=C)C(C)(C)C)C23CC[C@H]1S3. The van der Waals surface area contributed by atoms with E-state index in [4.69, 9.17) is 0 Å². The van der Waals surface area contributed by atoms with Gasteiger partial charge in [-0.05, 0) is 46.1 Å². The molecule has 38 heavy (non-hydrogen) atoms. The molecule has 4 rings (SSSR count). The van der Waals surface area contributed by atoms with E-state index in [2.05, 4.69) is 13.2 Å². The van der Waals surface area contributed by atoms with E-state index in [1.165, 1.54) is 0 Å². The highest BCUT2D eigenvalue weighted by molar-refractivity contribution is 8.02. The number of carbonyl (C=O) groups is 3. The summed E-state index contributed by atoms with van der Waals surface area (Å²) in [5, 5.41) is 10.1. The maximum Gasteiger partial charge on any atom is 0.247 e. The zero-order valence-electron chi connectivity index (χ0n) is 23.0. The molecule has 7 nitrogen and oxygen atoms in total. The third-order valence-corrected chi connectivity index (χ3v) is 10.2. The Hall–Kier alpha value is -2.58. The van der Waals surface area contributed by atoms with Crippen molar-refractivity contribution in [3.8, 4) is 0 Å². The first-order valence-electron chi connectivity index (χ1n) is 13.5. The summed E-state index contributed by atoms with van der Waals surface area (Å²) in [7, 11) is 0. The molecular weight excluding hydrogens is 498 g/mol. The lowest BCUT2D eigenvalue weighted by Crippen LogP contribution is -2.60. The van der Waals surface area contributed by atoms with Gasteiger partial charge in [-0.25, -0.2) is 0 Å². The van der Waals surface area contributed by atoms with E-state index in [0.717, 1.165) is 12.0 Å². The lowest BCUT2D eigenvalue weighted by atomic mass is 9.70. The quantitative estimate of drug-likeness (QED) is 0.461. The standard InChI is InChI=1S/C30H41N3O4S/c1-7-16-31(18-21-12-10-9-11-13-21)26(35)23-22-14-15-30(38-22)24(23)27(36)33(20(3)19-34)25(30)28(37)32(17-8-2)29(4,5)6/h7-13,20,22-25,34H,1-2,14-19H2,3-6H3/t20-,22-,23+,24+,25?,30?/m1/s1. The molecule has 3 saturated heterocycles. The molecule has 0 aromatic heterocycles. The van der Waals surface area contributed by atoms with Crippen molar-refractivity contribution in [3.63, 3.8) is 0 Å². The fourth-order valence-electron chi connectivity index (χ4n) is 6.59. The first-order valence-corrected chi connectivity index (χ1v) is 14.4. The molecule has 2 bridgehead atoms. The summed E-state index contributed by atoms with van der Waals surface area (Å²) < 4.78 is -0.695. The van der Waals surface area contributed by atoms with Crippen LogP contribution in [0.2, 0.25) is 0 Å². The van der Waals surface area contributed by atoms with Crippen LogP contribution in [0, 0.1) is 11.8 Å². The average Bonchev–Trinajstić information content (AvgIpc) is 3.53. The monoisotopic (exact) mass is 539 g/mol. The molecule has 0 radical (unpaired) electrons. The molecule has 1 N–H and O–H groups in total. The number of likely N-dealkylation sites (tertiary alicyclic amines) is 1. The number of aliphatic hydroxyl groups excluding tert-OH is 1. The van der Waals surface area contributed by atoms with Crippen molar-refractivity contribution < 1.29 is 19.5 Å². The highest BCUT2D eigenvalue weighted by atomic mass is 32.2. The number of thioether (sulfide) groups is 1. The summed E-state index contributed by atoms with van der Waals surface area (Å²) in [6, 6.07) is 8.54. The van der Waals surface area contributed by atoms with Gasteiger partial charge in [0.25, 0.3) is 0 Å². The van der Waals surface area contributed by atoms with Gasteiger partial charge in [-0.15, -0.1) is 24.9 Å². The van der Waals surface area contributed by atoms with Gasteiger partial charge in [0.05, 0.1) is 29.2 Å².